The number of aryl methyl sites for hydroxylation is 1. The quantitative estimate of drug-likeness (QED) is 0.740. The number of halogens is 1. The van der Waals surface area contributed by atoms with Crippen molar-refractivity contribution in [1.29, 1.82) is 0 Å². The van der Waals surface area contributed by atoms with Gasteiger partial charge in [0, 0.05) is 12.6 Å². The Labute approximate surface area is 149 Å². The molecular formula is C16H25ClN2O4S. The zero-order valence-corrected chi connectivity index (χ0v) is 15.6. The number of rotatable bonds is 6. The molecule has 1 aromatic rings. The standard InChI is InChI=1S/C16H24N2O4S.ClH/c1-11-7-8-13(16(19)22-2)9-15(11)23(20,21)18-14(10-17)12-5-3-4-6-12;/h7-9,12,14,18H,3-6,10,17H2,1-2H3;1H. The summed E-state index contributed by atoms with van der Waals surface area (Å²) < 4.78 is 32.8. The van der Waals surface area contributed by atoms with E-state index in [0.717, 1.165) is 25.7 Å². The molecule has 2 rings (SSSR count). The Bertz CT molecular complexity index is 673. The average Bonchev–Trinajstić information content (AvgIpc) is 3.06. The molecule has 0 bridgehead atoms. The predicted octanol–water partition coefficient (Wildman–Crippen LogP) is 2.00. The van der Waals surface area contributed by atoms with Crippen LogP contribution in [0.15, 0.2) is 23.1 Å². The Morgan fingerprint density at radius 2 is 2.00 bits per heavy atom. The zero-order chi connectivity index (χ0) is 17.0. The zero-order valence-electron chi connectivity index (χ0n) is 13.9. The highest BCUT2D eigenvalue weighted by atomic mass is 35.5. The molecule has 0 radical (unpaired) electrons. The molecule has 1 aromatic carbocycles. The van der Waals surface area contributed by atoms with Crippen molar-refractivity contribution in [3.05, 3.63) is 29.3 Å². The minimum Gasteiger partial charge on any atom is -0.465 e. The van der Waals surface area contributed by atoms with Gasteiger partial charge in [-0.15, -0.1) is 12.4 Å². The van der Waals surface area contributed by atoms with Gasteiger partial charge in [-0.25, -0.2) is 17.9 Å². The second kappa shape index (κ2) is 8.80. The van der Waals surface area contributed by atoms with Gasteiger partial charge in [0.15, 0.2) is 0 Å². The fraction of sp³-hybridized carbons (Fsp3) is 0.562. The molecule has 24 heavy (non-hydrogen) atoms. The number of hydrogen-bond donors (Lipinski definition) is 2. The average molecular weight is 377 g/mol. The monoisotopic (exact) mass is 376 g/mol. The Morgan fingerprint density at radius 1 is 1.38 bits per heavy atom. The van der Waals surface area contributed by atoms with E-state index in [-0.39, 0.29) is 41.4 Å². The lowest BCUT2D eigenvalue weighted by Crippen LogP contribution is -2.44. The first-order valence-corrected chi connectivity index (χ1v) is 9.28. The number of nitrogens with two attached hydrogens (primary N) is 1. The molecule has 1 saturated carbocycles. The maximum atomic E-state index is 12.7. The summed E-state index contributed by atoms with van der Waals surface area (Å²) in [5.41, 5.74) is 6.56. The molecule has 0 aromatic heterocycles. The second-order valence-electron chi connectivity index (χ2n) is 5.98. The van der Waals surface area contributed by atoms with Crippen LogP contribution < -0.4 is 10.5 Å². The first-order valence-electron chi connectivity index (χ1n) is 7.80. The SMILES string of the molecule is COC(=O)c1ccc(C)c(S(=O)(=O)NC(CN)C2CCCC2)c1.Cl. The molecule has 0 amide bonds. The predicted molar refractivity (Wildman–Crippen MR) is 94.9 cm³/mol. The number of hydrogen-bond acceptors (Lipinski definition) is 5. The molecule has 136 valence electrons. The topological polar surface area (TPSA) is 98.5 Å². The third-order valence-corrected chi connectivity index (χ3v) is 6.06. The van der Waals surface area contributed by atoms with E-state index in [0.29, 0.717) is 5.56 Å². The molecule has 0 spiro atoms. The fourth-order valence-corrected chi connectivity index (χ4v) is 4.68. The molecule has 0 heterocycles. The summed E-state index contributed by atoms with van der Waals surface area (Å²) in [4.78, 5) is 11.7. The molecule has 8 heteroatoms. The lowest BCUT2D eigenvalue weighted by Gasteiger charge is -2.23. The number of ether oxygens (including phenoxy) is 1. The Kier molecular flexibility index (Phi) is 7.66. The summed E-state index contributed by atoms with van der Waals surface area (Å²) in [6, 6.07) is 4.24. The summed E-state index contributed by atoms with van der Waals surface area (Å²) in [6.45, 7) is 1.96. The molecule has 6 nitrogen and oxygen atoms in total. The minimum atomic E-state index is -3.74. The lowest BCUT2D eigenvalue weighted by molar-refractivity contribution is 0.0600. The van der Waals surface area contributed by atoms with E-state index in [1.807, 2.05) is 0 Å². The number of esters is 1. The molecule has 1 aliphatic rings. The third-order valence-electron chi connectivity index (χ3n) is 4.43. The van der Waals surface area contributed by atoms with Crippen molar-refractivity contribution in [3.8, 4) is 0 Å². The highest BCUT2D eigenvalue weighted by Gasteiger charge is 2.29. The van der Waals surface area contributed by atoms with Crippen molar-refractivity contribution in [3.63, 3.8) is 0 Å². The summed E-state index contributed by atoms with van der Waals surface area (Å²) in [5.74, 6) is -0.286. The molecule has 0 aliphatic heterocycles. The van der Waals surface area contributed by atoms with Crippen molar-refractivity contribution in [2.75, 3.05) is 13.7 Å². The van der Waals surface area contributed by atoms with Crippen LogP contribution >= 0.6 is 12.4 Å². The van der Waals surface area contributed by atoms with Crippen LogP contribution in [-0.2, 0) is 14.8 Å². The van der Waals surface area contributed by atoms with Gasteiger partial charge in [0.25, 0.3) is 0 Å². The van der Waals surface area contributed by atoms with Gasteiger partial charge < -0.3 is 10.5 Å². The van der Waals surface area contributed by atoms with Crippen molar-refractivity contribution >= 4 is 28.4 Å². The Morgan fingerprint density at radius 3 is 2.54 bits per heavy atom. The largest absolute Gasteiger partial charge is 0.465 e. The summed E-state index contributed by atoms with van der Waals surface area (Å²) in [7, 11) is -2.48. The smallest absolute Gasteiger partial charge is 0.337 e. The van der Waals surface area contributed by atoms with Gasteiger partial charge in [0.1, 0.15) is 0 Å². The van der Waals surface area contributed by atoms with E-state index in [4.69, 9.17) is 5.73 Å². The van der Waals surface area contributed by atoms with Gasteiger partial charge in [0.2, 0.25) is 10.0 Å². The van der Waals surface area contributed by atoms with Crippen LogP contribution in [0.3, 0.4) is 0 Å². The van der Waals surface area contributed by atoms with Crippen LogP contribution in [0.1, 0.15) is 41.6 Å². The molecular weight excluding hydrogens is 352 g/mol. The molecule has 0 saturated heterocycles. The number of nitrogens with one attached hydrogen (secondary N) is 1. The summed E-state index contributed by atoms with van der Waals surface area (Å²) in [5, 5.41) is 0. The maximum Gasteiger partial charge on any atom is 0.337 e. The molecule has 1 aliphatic carbocycles. The van der Waals surface area contributed by atoms with Crippen LogP contribution in [-0.4, -0.2) is 34.1 Å². The van der Waals surface area contributed by atoms with Gasteiger partial charge in [-0.3, -0.25) is 0 Å². The summed E-state index contributed by atoms with van der Waals surface area (Å²) >= 11 is 0. The number of benzene rings is 1. The van der Waals surface area contributed by atoms with Gasteiger partial charge >= 0.3 is 5.97 Å². The Hall–Kier alpha value is -1.15. The minimum absolute atomic E-state index is 0. The van der Waals surface area contributed by atoms with Crippen molar-refractivity contribution < 1.29 is 17.9 Å². The first-order chi connectivity index (χ1) is 10.9. The van der Waals surface area contributed by atoms with Crippen LogP contribution in [0.25, 0.3) is 0 Å². The van der Waals surface area contributed by atoms with E-state index in [1.54, 1.807) is 19.1 Å². The van der Waals surface area contributed by atoms with Crippen molar-refractivity contribution in [2.45, 2.75) is 43.5 Å². The number of methoxy groups -OCH3 is 1. The fourth-order valence-electron chi connectivity index (χ4n) is 3.09. The molecule has 3 N–H and O–H groups in total. The van der Waals surface area contributed by atoms with E-state index < -0.39 is 16.0 Å². The third kappa shape index (κ3) is 4.69. The molecule has 1 unspecified atom stereocenters. The molecule has 1 atom stereocenters. The highest BCUT2D eigenvalue weighted by Crippen LogP contribution is 2.28. The van der Waals surface area contributed by atoms with Crippen LogP contribution in [0, 0.1) is 12.8 Å². The maximum absolute atomic E-state index is 12.7. The lowest BCUT2D eigenvalue weighted by atomic mass is 9.99. The summed E-state index contributed by atoms with van der Waals surface area (Å²) in [6.07, 6.45) is 4.20. The van der Waals surface area contributed by atoms with Crippen LogP contribution in [0.2, 0.25) is 0 Å². The van der Waals surface area contributed by atoms with Gasteiger partial charge in [-0.05, 0) is 43.4 Å². The first kappa shape index (κ1) is 20.9. The van der Waals surface area contributed by atoms with Crippen molar-refractivity contribution in [2.24, 2.45) is 11.7 Å². The van der Waals surface area contributed by atoms with Crippen molar-refractivity contribution in [1.82, 2.24) is 4.72 Å². The molecule has 1 fully saturated rings. The van der Waals surface area contributed by atoms with E-state index >= 15 is 0 Å². The second-order valence-corrected chi connectivity index (χ2v) is 7.66. The van der Waals surface area contributed by atoms with E-state index in [2.05, 4.69) is 9.46 Å². The van der Waals surface area contributed by atoms with E-state index in [9.17, 15) is 13.2 Å². The highest BCUT2D eigenvalue weighted by molar-refractivity contribution is 7.89. The Balaban J connectivity index is 0.00000288. The number of carbonyl (C=O) groups excluding carboxylic acids is 1. The number of carbonyl (C=O) groups is 1. The normalized spacial score (nSPS) is 16.5. The van der Waals surface area contributed by atoms with Gasteiger partial charge in [-0.2, -0.15) is 0 Å². The van der Waals surface area contributed by atoms with Crippen LogP contribution in [0.4, 0.5) is 0 Å². The number of sulfonamides is 1. The van der Waals surface area contributed by atoms with Gasteiger partial charge in [0.05, 0.1) is 17.6 Å². The van der Waals surface area contributed by atoms with E-state index in [1.165, 1.54) is 13.2 Å². The van der Waals surface area contributed by atoms with Gasteiger partial charge in [-0.1, -0.05) is 18.9 Å². The van der Waals surface area contributed by atoms with Crippen LogP contribution in [0.5, 0.6) is 0 Å².